The van der Waals surface area contributed by atoms with Crippen molar-refractivity contribution in [2.24, 2.45) is 0 Å². The first-order valence-electron chi connectivity index (χ1n) is 6.53. The average molecular weight is 347 g/mol. The van der Waals surface area contributed by atoms with Crippen LogP contribution in [0.3, 0.4) is 0 Å². The molecule has 0 amide bonds. The van der Waals surface area contributed by atoms with E-state index in [0.717, 1.165) is 30.2 Å². The van der Waals surface area contributed by atoms with Gasteiger partial charge in [-0.15, -0.1) is 0 Å². The van der Waals surface area contributed by atoms with Crippen molar-refractivity contribution in [3.8, 4) is 0 Å². The zero-order valence-electron chi connectivity index (χ0n) is 11.0. The van der Waals surface area contributed by atoms with Crippen LogP contribution in [0.5, 0.6) is 0 Å². The molecule has 1 aromatic rings. The largest absolute Gasteiger partial charge is 0.398 e. The number of benzene rings is 1. The maximum absolute atomic E-state index is 12.7. The molecule has 6 heteroatoms. The average Bonchev–Trinajstić information content (AvgIpc) is 2.82. The molecule has 1 fully saturated rings. The fourth-order valence-electron chi connectivity index (χ4n) is 2.70. The zero-order chi connectivity index (χ0) is 14.0. The Bertz CT molecular complexity index is 554. The van der Waals surface area contributed by atoms with Gasteiger partial charge in [-0.05, 0) is 31.0 Å². The normalized spacial score (nSPS) is 17.2. The fraction of sp³-hybridized carbons (Fsp3) is 0.538. The van der Waals surface area contributed by atoms with Gasteiger partial charge in [0, 0.05) is 17.1 Å². The van der Waals surface area contributed by atoms with Gasteiger partial charge in [-0.1, -0.05) is 35.7 Å². The minimum atomic E-state index is -3.49. The zero-order valence-corrected chi connectivity index (χ0v) is 13.4. The van der Waals surface area contributed by atoms with Crippen LogP contribution in [0.15, 0.2) is 27.6 Å². The van der Waals surface area contributed by atoms with E-state index in [0.29, 0.717) is 12.2 Å². The van der Waals surface area contributed by atoms with Gasteiger partial charge in [-0.2, -0.15) is 4.31 Å². The van der Waals surface area contributed by atoms with Crippen molar-refractivity contribution in [1.29, 1.82) is 0 Å². The Kier molecular flexibility index (Phi) is 4.53. The number of nitrogens with zero attached hydrogens (tertiary/aromatic N) is 1. The minimum Gasteiger partial charge on any atom is -0.398 e. The quantitative estimate of drug-likeness (QED) is 0.852. The van der Waals surface area contributed by atoms with Crippen LogP contribution in [0.1, 0.15) is 32.6 Å². The Labute approximate surface area is 123 Å². The Morgan fingerprint density at radius 3 is 2.53 bits per heavy atom. The molecule has 4 nitrogen and oxygen atoms in total. The molecular weight excluding hydrogens is 328 g/mol. The van der Waals surface area contributed by atoms with Crippen molar-refractivity contribution in [3.63, 3.8) is 0 Å². The van der Waals surface area contributed by atoms with Crippen molar-refractivity contribution < 1.29 is 8.42 Å². The highest BCUT2D eigenvalue weighted by atomic mass is 79.9. The second-order valence-electron chi connectivity index (χ2n) is 4.83. The molecule has 0 aliphatic heterocycles. The van der Waals surface area contributed by atoms with E-state index >= 15 is 0 Å². The van der Waals surface area contributed by atoms with Gasteiger partial charge in [0.05, 0.1) is 5.69 Å². The molecule has 1 aliphatic carbocycles. The topological polar surface area (TPSA) is 63.4 Å². The third kappa shape index (κ3) is 2.95. The molecule has 19 heavy (non-hydrogen) atoms. The van der Waals surface area contributed by atoms with Crippen molar-refractivity contribution in [3.05, 3.63) is 22.7 Å². The van der Waals surface area contributed by atoms with E-state index in [1.807, 2.05) is 6.92 Å². The lowest BCUT2D eigenvalue weighted by Crippen LogP contribution is -2.38. The van der Waals surface area contributed by atoms with E-state index in [4.69, 9.17) is 5.73 Å². The summed E-state index contributed by atoms with van der Waals surface area (Å²) in [7, 11) is -3.49. The molecule has 1 aromatic carbocycles. The molecule has 106 valence electrons. The van der Waals surface area contributed by atoms with Crippen LogP contribution < -0.4 is 5.73 Å². The summed E-state index contributed by atoms with van der Waals surface area (Å²) in [4.78, 5) is 0.212. The monoisotopic (exact) mass is 346 g/mol. The lowest BCUT2D eigenvalue weighted by molar-refractivity contribution is 0.335. The van der Waals surface area contributed by atoms with Crippen LogP contribution in [0, 0.1) is 0 Å². The highest BCUT2D eigenvalue weighted by molar-refractivity contribution is 9.10. The number of hydrogen-bond acceptors (Lipinski definition) is 3. The predicted octanol–water partition coefficient (Wildman–Crippen LogP) is 2.98. The summed E-state index contributed by atoms with van der Waals surface area (Å²) in [6.45, 7) is 2.37. The van der Waals surface area contributed by atoms with Crippen molar-refractivity contribution >= 4 is 31.6 Å². The van der Waals surface area contributed by atoms with Gasteiger partial charge in [0.25, 0.3) is 0 Å². The third-order valence-electron chi connectivity index (χ3n) is 3.60. The molecule has 0 saturated heterocycles. The Morgan fingerprint density at radius 1 is 1.37 bits per heavy atom. The number of hydrogen-bond donors (Lipinski definition) is 1. The summed E-state index contributed by atoms with van der Waals surface area (Å²) in [5, 5.41) is 0. The summed E-state index contributed by atoms with van der Waals surface area (Å²) in [5.41, 5.74) is 6.16. The van der Waals surface area contributed by atoms with E-state index in [2.05, 4.69) is 15.9 Å². The first-order valence-corrected chi connectivity index (χ1v) is 8.77. The molecule has 0 atom stereocenters. The Balaban J connectivity index is 2.39. The van der Waals surface area contributed by atoms with Crippen LogP contribution in [0.2, 0.25) is 0 Å². The smallest absolute Gasteiger partial charge is 0.245 e. The van der Waals surface area contributed by atoms with E-state index in [-0.39, 0.29) is 10.9 Å². The van der Waals surface area contributed by atoms with Gasteiger partial charge < -0.3 is 5.73 Å². The van der Waals surface area contributed by atoms with Gasteiger partial charge in [-0.25, -0.2) is 8.42 Å². The van der Waals surface area contributed by atoms with E-state index < -0.39 is 10.0 Å². The molecular formula is C13H19BrN2O2S. The van der Waals surface area contributed by atoms with E-state index in [9.17, 15) is 8.42 Å². The summed E-state index contributed by atoms with van der Waals surface area (Å²) >= 11 is 3.29. The molecule has 1 saturated carbocycles. The highest BCUT2D eigenvalue weighted by Crippen LogP contribution is 2.31. The highest BCUT2D eigenvalue weighted by Gasteiger charge is 2.33. The first kappa shape index (κ1) is 14.8. The van der Waals surface area contributed by atoms with Crippen LogP contribution in [-0.2, 0) is 10.0 Å². The number of nitrogen functional groups attached to an aromatic ring is 1. The summed E-state index contributed by atoms with van der Waals surface area (Å²) in [6.07, 6.45) is 4.10. The summed E-state index contributed by atoms with van der Waals surface area (Å²) < 4.78 is 27.8. The van der Waals surface area contributed by atoms with E-state index in [1.165, 1.54) is 0 Å². The van der Waals surface area contributed by atoms with Crippen molar-refractivity contribution in [1.82, 2.24) is 4.31 Å². The minimum absolute atomic E-state index is 0.123. The van der Waals surface area contributed by atoms with Crippen molar-refractivity contribution in [2.75, 3.05) is 12.3 Å². The number of sulfonamides is 1. The summed E-state index contributed by atoms with van der Waals surface area (Å²) in [5.74, 6) is 0. The molecule has 0 heterocycles. The fourth-order valence-corrected chi connectivity index (χ4v) is 4.87. The maximum atomic E-state index is 12.7. The molecule has 0 spiro atoms. The SMILES string of the molecule is CCN(C1CCCC1)S(=O)(=O)c1ccc(Br)cc1N. The standard InChI is InChI=1S/C13H19BrN2O2S/c1-2-16(11-5-3-4-6-11)19(17,18)13-8-7-10(14)9-12(13)15/h7-9,11H,2-6,15H2,1H3. The van der Waals surface area contributed by atoms with Gasteiger partial charge in [-0.3, -0.25) is 0 Å². The molecule has 0 unspecified atom stereocenters. The predicted molar refractivity (Wildman–Crippen MR) is 80.4 cm³/mol. The number of nitrogens with two attached hydrogens (primary N) is 1. The van der Waals surface area contributed by atoms with E-state index in [1.54, 1.807) is 22.5 Å². The van der Waals surface area contributed by atoms with Crippen LogP contribution in [0.25, 0.3) is 0 Å². The van der Waals surface area contributed by atoms with Gasteiger partial charge in [0.2, 0.25) is 10.0 Å². The first-order chi connectivity index (χ1) is 8.96. The van der Waals surface area contributed by atoms with Gasteiger partial charge >= 0.3 is 0 Å². The molecule has 0 bridgehead atoms. The lowest BCUT2D eigenvalue weighted by atomic mass is 10.2. The van der Waals surface area contributed by atoms with Gasteiger partial charge in [0.1, 0.15) is 4.90 Å². The number of rotatable bonds is 4. The Morgan fingerprint density at radius 2 is 2.00 bits per heavy atom. The van der Waals surface area contributed by atoms with Crippen LogP contribution in [0.4, 0.5) is 5.69 Å². The second-order valence-corrected chi connectivity index (χ2v) is 7.60. The molecule has 2 rings (SSSR count). The van der Waals surface area contributed by atoms with Crippen molar-refractivity contribution in [2.45, 2.75) is 43.5 Å². The molecule has 0 aromatic heterocycles. The third-order valence-corrected chi connectivity index (χ3v) is 6.20. The molecule has 2 N–H and O–H groups in total. The lowest BCUT2D eigenvalue weighted by Gasteiger charge is -2.27. The van der Waals surface area contributed by atoms with Crippen LogP contribution >= 0.6 is 15.9 Å². The number of halogens is 1. The summed E-state index contributed by atoms with van der Waals surface area (Å²) in [6, 6.07) is 5.05. The number of anilines is 1. The van der Waals surface area contributed by atoms with Gasteiger partial charge in [0.15, 0.2) is 0 Å². The molecule has 1 aliphatic rings. The molecule has 0 radical (unpaired) electrons. The second kappa shape index (κ2) is 5.81. The maximum Gasteiger partial charge on any atom is 0.245 e. The Hall–Kier alpha value is -0.590. The van der Waals surface area contributed by atoms with Crippen LogP contribution in [-0.4, -0.2) is 25.3 Å².